The Morgan fingerprint density at radius 1 is 1.38 bits per heavy atom. The van der Waals surface area contributed by atoms with Crippen LogP contribution in [-0.2, 0) is 14.4 Å². The number of carboxylic acid groups (broad SMARTS) is 1. The van der Waals surface area contributed by atoms with E-state index in [0.717, 1.165) is 0 Å². The van der Waals surface area contributed by atoms with Gasteiger partial charge in [-0.05, 0) is 32.4 Å². The average Bonchev–Trinajstić information content (AvgIpc) is 2.51. The molecule has 24 heavy (non-hydrogen) atoms. The molecule has 0 aliphatic carbocycles. The number of carbonyl (C=O) groups is 3. The average molecular weight is 334 g/mol. The third kappa shape index (κ3) is 3.50. The number of hydrogen-bond donors (Lipinski definition) is 2. The number of carbonyl (C=O) groups excluding carboxylic acids is 2. The van der Waals surface area contributed by atoms with Crippen LogP contribution >= 0.6 is 0 Å². The van der Waals surface area contributed by atoms with E-state index in [2.05, 4.69) is 5.32 Å². The van der Waals surface area contributed by atoms with E-state index in [1.54, 1.807) is 31.2 Å². The van der Waals surface area contributed by atoms with Crippen LogP contribution in [0.15, 0.2) is 24.3 Å². The SMILES string of the molecule is CCCC(C)(NC(=O)CN1C(=O)C(C)Oc2ccccc21)C(=O)O. The summed E-state index contributed by atoms with van der Waals surface area (Å²) in [5.74, 6) is -1.44. The minimum absolute atomic E-state index is 0.254. The van der Waals surface area contributed by atoms with Gasteiger partial charge in [-0.1, -0.05) is 25.5 Å². The summed E-state index contributed by atoms with van der Waals surface area (Å²) in [4.78, 5) is 37.5. The van der Waals surface area contributed by atoms with Gasteiger partial charge in [0.05, 0.1) is 5.69 Å². The summed E-state index contributed by atoms with van der Waals surface area (Å²) in [6, 6.07) is 6.94. The molecule has 2 N–H and O–H groups in total. The highest BCUT2D eigenvalue weighted by Gasteiger charge is 2.37. The zero-order chi connectivity index (χ0) is 17.9. The Hall–Kier alpha value is -2.57. The number of anilines is 1. The van der Waals surface area contributed by atoms with E-state index in [0.29, 0.717) is 24.3 Å². The van der Waals surface area contributed by atoms with Crippen molar-refractivity contribution in [3.63, 3.8) is 0 Å². The van der Waals surface area contributed by atoms with Gasteiger partial charge in [0.1, 0.15) is 17.8 Å². The molecular weight excluding hydrogens is 312 g/mol. The lowest BCUT2D eigenvalue weighted by Crippen LogP contribution is -2.56. The molecule has 2 rings (SSSR count). The Balaban J connectivity index is 2.19. The number of fused-ring (bicyclic) bond motifs is 1. The molecule has 0 bridgehead atoms. The minimum Gasteiger partial charge on any atom is -0.480 e. The van der Waals surface area contributed by atoms with E-state index in [1.807, 2.05) is 6.92 Å². The van der Waals surface area contributed by atoms with Gasteiger partial charge >= 0.3 is 5.97 Å². The topological polar surface area (TPSA) is 95.9 Å². The van der Waals surface area contributed by atoms with E-state index >= 15 is 0 Å². The van der Waals surface area contributed by atoms with Crippen molar-refractivity contribution in [1.29, 1.82) is 0 Å². The van der Waals surface area contributed by atoms with Gasteiger partial charge in [-0.2, -0.15) is 0 Å². The molecule has 2 amide bonds. The van der Waals surface area contributed by atoms with Crippen molar-refractivity contribution >= 4 is 23.5 Å². The Kier molecular flexibility index (Phi) is 5.11. The first-order chi connectivity index (χ1) is 11.3. The second kappa shape index (κ2) is 6.90. The van der Waals surface area contributed by atoms with Crippen molar-refractivity contribution in [2.75, 3.05) is 11.4 Å². The number of benzene rings is 1. The smallest absolute Gasteiger partial charge is 0.329 e. The number of carboxylic acids is 1. The third-order valence-corrected chi connectivity index (χ3v) is 4.01. The van der Waals surface area contributed by atoms with Crippen LogP contribution in [0, 0.1) is 0 Å². The Morgan fingerprint density at radius 2 is 2.04 bits per heavy atom. The highest BCUT2D eigenvalue weighted by atomic mass is 16.5. The fraction of sp³-hybridized carbons (Fsp3) is 0.471. The van der Waals surface area contributed by atoms with Crippen LogP contribution in [-0.4, -0.2) is 41.1 Å². The summed E-state index contributed by atoms with van der Waals surface area (Å²) in [5, 5.41) is 11.9. The minimum atomic E-state index is -1.35. The third-order valence-electron chi connectivity index (χ3n) is 4.01. The van der Waals surface area contributed by atoms with Crippen LogP contribution < -0.4 is 15.0 Å². The number of nitrogens with one attached hydrogen (secondary N) is 1. The molecule has 7 nitrogen and oxygen atoms in total. The van der Waals surface area contributed by atoms with E-state index in [1.165, 1.54) is 11.8 Å². The maximum atomic E-state index is 12.4. The van der Waals surface area contributed by atoms with Crippen molar-refractivity contribution in [1.82, 2.24) is 5.32 Å². The summed E-state index contributed by atoms with van der Waals surface area (Å²) in [6.07, 6.45) is 0.214. The summed E-state index contributed by atoms with van der Waals surface area (Å²) >= 11 is 0. The van der Waals surface area contributed by atoms with E-state index in [9.17, 15) is 19.5 Å². The molecule has 0 fully saturated rings. The lowest BCUT2D eigenvalue weighted by atomic mass is 9.96. The summed E-state index contributed by atoms with van der Waals surface area (Å²) in [6.45, 7) is 4.67. The molecule has 1 aliphatic heterocycles. The lowest BCUT2D eigenvalue weighted by molar-refractivity contribution is -0.147. The summed E-state index contributed by atoms with van der Waals surface area (Å²) in [5.41, 5.74) is -0.852. The first-order valence-corrected chi connectivity index (χ1v) is 7.90. The van der Waals surface area contributed by atoms with Gasteiger partial charge in [0.15, 0.2) is 6.10 Å². The zero-order valence-corrected chi connectivity index (χ0v) is 14.0. The molecule has 2 atom stereocenters. The van der Waals surface area contributed by atoms with Crippen LogP contribution in [0.3, 0.4) is 0 Å². The molecule has 7 heteroatoms. The first-order valence-electron chi connectivity index (χ1n) is 7.90. The molecule has 0 radical (unpaired) electrons. The van der Waals surface area contributed by atoms with Crippen molar-refractivity contribution in [2.24, 2.45) is 0 Å². The van der Waals surface area contributed by atoms with Crippen molar-refractivity contribution in [3.05, 3.63) is 24.3 Å². The maximum absolute atomic E-state index is 12.4. The predicted octanol–water partition coefficient (Wildman–Crippen LogP) is 1.56. The standard InChI is InChI=1S/C17H22N2O5/c1-4-9-17(3,16(22)23)18-14(20)10-19-12-7-5-6-8-13(12)24-11(2)15(19)21/h5-8,11H,4,9-10H2,1-3H3,(H,18,20)(H,22,23). The fourth-order valence-corrected chi connectivity index (χ4v) is 2.74. The van der Waals surface area contributed by atoms with Crippen molar-refractivity contribution < 1.29 is 24.2 Å². The zero-order valence-electron chi connectivity index (χ0n) is 14.0. The fourth-order valence-electron chi connectivity index (χ4n) is 2.74. The second-order valence-corrected chi connectivity index (χ2v) is 6.09. The van der Waals surface area contributed by atoms with Crippen molar-refractivity contribution in [2.45, 2.75) is 45.3 Å². The molecule has 0 saturated heterocycles. The van der Waals surface area contributed by atoms with Gasteiger partial charge in [0, 0.05) is 0 Å². The lowest BCUT2D eigenvalue weighted by Gasteiger charge is -2.33. The highest BCUT2D eigenvalue weighted by molar-refractivity contribution is 6.04. The first kappa shape index (κ1) is 17.8. The number of amides is 2. The number of hydrogen-bond acceptors (Lipinski definition) is 4. The van der Waals surface area contributed by atoms with Crippen LogP contribution in [0.4, 0.5) is 5.69 Å². The molecule has 1 heterocycles. The van der Waals surface area contributed by atoms with E-state index in [-0.39, 0.29) is 12.5 Å². The number of rotatable bonds is 6. The summed E-state index contributed by atoms with van der Waals surface area (Å²) in [7, 11) is 0. The second-order valence-electron chi connectivity index (χ2n) is 6.09. The Bertz CT molecular complexity index is 660. The molecule has 1 aromatic carbocycles. The molecule has 1 aromatic rings. The monoisotopic (exact) mass is 334 g/mol. The normalized spacial score (nSPS) is 19.0. The van der Waals surface area contributed by atoms with Gasteiger partial charge in [-0.3, -0.25) is 14.5 Å². The molecule has 130 valence electrons. The molecule has 1 aliphatic rings. The molecule has 2 unspecified atom stereocenters. The van der Waals surface area contributed by atoms with Gasteiger partial charge in [-0.25, -0.2) is 4.79 Å². The van der Waals surface area contributed by atoms with Gasteiger partial charge < -0.3 is 15.2 Å². The molecule has 0 saturated carbocycles. The van der Waals surface area contributed by atoms with Crippen molar-refractivity contribution in [3.8, 4) is 5.75 Å². The number of aliphatic carboxylic acids is 1. The molecule has 0 spiro atoms. The van der Waals surface area contributed by atoms with Crippen LogP contribution in [0.25, 0.3) is 0 Å². The van der Waals surface area contributed by atoms with Gasteiger partial charge in [0.2, 0.25) is 5.91 Å². The maximum Gasteiger partial charge on any atom is 0.329 e. The molecular formula is C17H22N2O5. The van der Waals surface area contributed by atoms with Gasteiger partial charge in [0.25, 0.3) is 5.91 Å². The Morgan fingerprint density at radius 3 is 2.67 bits per heavy atom. The number of ether oxygens (including phenoxy) is 1. The molecule has 0 aromatic heterocycles. The highest BCUT2D eigenvalue weighted by Crippen LogP contribution is 2.33. The predicted molar refractivity (Wildman–Crippen MR) is 88.0 cm³/mol. The van der Waals surface area contributed by atoms with Crippen LogP contribution in [0.1, 0.15) is 33.6 Å². The number of nitrogens with zero attached hydrogens (tertiary/aromatic N) is 1. The van der Waals surface area contributed by atoms with E-state index < -0.39 is 23.5 Å². The van der Waals surface area contributed by atoms with Crippen LogP contribution in [0.5, 0.6) is 5.75 Å². The Labute approximate surface area is 140 Å². The van der Waals surface area contributed by atoms with Crippen LogP contribution in [0.2, 0.25) is 0 Å². The quantitative estimate of drug-likeness (QED) is 0.823. The summed E-state index contributed by atoms with van der Waals surface area (Å²) < 4.78 is 5.52. The largest absolute Gasteiger partial charge is 0.480 e. The van der Waals surface area contributed by atoms with Gasteiger partial charge in [-0.15, -0.1) is 0 Å². The van der Waals surface area contributed by atoms with E-state index in [4.69, 9.17) is 4.74 Å². The number of para-hydroxylation sites is 2.